The molecular formula is C9H15NO2. The van der Waals surface area contributed by atoms with E-state index >= 15 is 0 Å². The van der Waals surface area contributed by atoms with Gasteiger partial charge in [0.05, 0.1) is 6.10 Å². The Morgan fingerprint density at radius 1 is 1.67 bits per heavy atom. The Kier molecular flexibility index (Phi) is 2.87. The summed E-state index contributed by atoms with van der Waals surface area (Å²) in [7, 11) is 0. The molecule has 0 bridgehead atoms. The lowest BCUT2D eigenvalue weighted by Crippen LogP contribution is -2.29. The Bertz CT molecular complexity index is 211. The van der Waals surface area contributed by atoms with Crippen LogP contribution in [0, 0.1) is 0 Å². The molecule has 1 atom stereocenters. The summed E-state index contributed by atoms with van der Waals surface area (Å²) in [6.45, 7) is 4.82. The number of carbonyl (C=O) groups is 1. The summed E-state index contributed by atoms with van der Waals surface area (Å²) in [6.07, 6.45) is 2.19. The zero-order valence-corrected chi connectivity index (χ0v) is 7.58. The number of β-amino-alcohol motifs (C(OH)–C–C–N with tert-alkyl or cyclic N) is 1. The maximum atomic E-state index is 11.5. The number of amides is 1. The average molecular weight is 169 g/mol. The van der Waals surface area contributed by atoms with Crippen molar-refractivity contribution in [3.63, 3.8) is 0 Å². The molecule has 12 heavy (non-hydrogen) atoms. The van der Waals surface area contributed by atoms with Crippen LogP contribution in [-0.4, -0.2) is 35.1 Å². The van der Waals surface area contributed by atoms with Crippen LogP contribution < -0.4 is 0 Å². The lowest BCUT2D eigenvalue weighted by molar-refractivity contribution is -0.126. The summed E-state index contributed by atoms with van der Waals surface area (Å²) >= 11 is 0. The van der Waals surface area contributed by atoms with Gasteiger partial charge in [-0.1, -0.05) is 6.08 Å². The van der Waals surface area contributed by atoms with Crippen molar-refractivity contribution >= 4 is 5.91 Å². The minimum Gasteiger partial charge on any atom is -0.391 e. The first kappa shape index (κ1) is 9.26. The van der Waals surface area contributed by atoms with Gasteiger partial charge >= 0.3 is 0 Å². The largest absolute Gasteiger partial charge is 0.391 e. The predicted molar refractivity (Wildman–Crippen MR) is 46.6 cm³/mol. The second-order valence-electron chi connectivity index (χ2n) is 3.17. The average Bonchev–Trinajstić information content (AvgIpc) is 2.49. The molecule has 68 valence electrons. The molecule has 1 heterocycles. The highest BCUT2D eigenvalue weighted by molar-refractivity contribution is 5.92. The molecule has 3 heteroatoms. The first-order valence-electron chi connectivity index (χ1n) is 4.25. The normalized spacial score (nSPS) is 24.8. The highest BCUT2D eigenvalue weighted by atomic mass is 16.3. The van der Waals surface area contributed by atoms with Crippen LogP contribution >= 0.6 is 0 Å². The quantitative estimate of drug-likeness (QED) is 0.582. The van der Waals surface area contributed by atoms with Crippen LogP contribution in [0.1, 0.15) is 20.3 Å². The van der Waals surface area contributed by atoms with Crippen LogP contribution in [0.4, 0.5) is 0 Å². The number of rotatable bonds is 1. The molecule has 0 saturated carbocycles. The maximum Gasteiger partial charge on any atom is 0.249 e. The zero-order valence-electron chi connectivity index (χ0n) is 7.58. The molecule has 1 unspecified atom stereocenters. The number of nitrogens with zero attached hydrogens (tertiary/aromatic N) is 1. The summed E-state index contributed by atoms with van der Waals surface area (Å²) in [5, 5.41) is 9.19. The lowest BCUT2D eigenvalue weighted by Gasteiger charge is -2.15. The topological polar surface area (TPSA) is 40.5 Å². The third-order valence-electron chi connectivity index (χ3n) is 2.22. The Labute approximate surface area is 72.7 Å². The summed E-state index contributed by atoms with van der Waals surface area (Å²) in [5.74, 6) is 0.0500. The van der Waals surface area contributed by atoms with E-state index in [9.17, 15) is 9.90 Å². The van der Waals surface area contributed by atoms with E-state index in [-0.39, 0.29) is 12.0 Å². The summed E-state index contributed by atoms with van der Waals surface area (Å²) in [6, 6.07) is 0. The van der Waals surface area contributed by atoms with Crippen LogP contribution in [0.2, 0.25) is 0 Å². The fourth-order valence-electron chi connectivity index (χ4n) is 1.30. The molecule has 0 spiro atoms. The number of aliphatic hydroxyl groups excluding tert-OH is 1. The zero-order chi connectivity index (χ0) is 9.14. The van der Waals surface area contributed by atoms with Gasteiger partial charge in [0.1, 0.15) is 0 Å². The fourth-order valence-corrected chi connectivity index (χ4v) is 1.30. The third kappa shape index (κ3) is 1.85. The van der Waals surface area contributed by atoms with E-state index in [0.717, 1.165) is 5.57 Å². The molecule has 1 aliphatic heterocycles. The van der Waals surface area contributed by atoms with Gasteiger partial charge < -0.3 is 10.0 Å². The lowest BCUT2D eigenvalue weighted by atomic mass is 10.2. The van der Waals surface area contributed by atoms with Crippen LogP contribution in [0.5, 0.6) is 0 Å². The molecule has 0 aliphatic carbocycles. The number of likely N-dealkylation sites (tertiary alicyclic amines) is 1. The van der Waals surface area contributed by atoms with Gasteiger partial charge in [-0.15, -0.1) is 0 Å². The monoisotopic (exact) mass is 169 g/mol. The van der Waals surface area contributed by atoms with Crippen molar-refractivity contribution in [2.24, 2.45) is 0 Å². The summed E-state index contributed by atoms with van der Waals surface area (Å²) in [5.41, 5.74) is 0.754. The number of carbonyl (C=O) groups excluding carboxylic acids is 1. The molecule has 0 aromatic heterocycles. The van der Waals surface area contributed by atoms with Crippen molar-refractivity contribution in [2.45, 2.75) is 26.4 Å². The van der Waals surface area contributed by atoms with Crippen molar-refractivity contribution in [3.05, 3.63) is 11.6 Å². The highest BCUT2D eigenvalue weighted by Gasteiger charge is 2.24. The van der Waals surface area contributed by atoms with Crippen LogP contribution in [-0.2, 0) is 4.79 Å². The van der Waals surface area contributed by atoms with E-state index < -0.39 is 0 Å². The van der Waals surface area contributed by atoms with Crippen molar-refractivity contribution in [1.29, 1.82) is 0 Å². The minimum absolute atomic E-state index is 0.0500. The van der Waals surface area contributed by atoms with Crippen LogP contribution in [0.15, 0.2) is 11.6 Å². The van der Waals surface area contributed by atoms with Gasteiger partial charge in [-0.2, -0.15) is 0 Å². The van der Waals surface area contributed by atoms with E-state index in [4.69, 9.17) is 0 Å². The molecule has 1 saturated heterocycles. The molecule has 1 amide bonds. The first-order valence-corrected chi connectivity index (χ1v) is 4.25. The highest BCUT2D eigenvalue weighted by Crippen LogP contribution is 2.11. The van der Waals surface area contributed by atoms with E-state index in [2.05, 4.69) is 0 Å². The van der Waals surface area contributed by atoms with Crippen molar-refractivity contribution in [1.82, 2.24) is 4.90 Å². The second kappa shape index (κ2) is 3.72. The number of aliphatic hydroxyl groups is 1. The number of hydrogen-bond acceptors (Lipinski definition) is 2. The molecule has 0 aromatic rings. The van der Waals surface area contributed by atoms with Crippen molar-refractivity contribution < 1.29 is 9.90 Å². The van der Waals surface area contributed by atoms with Gasteiger partial charge in [0, 0.05) is 18.7 Å². The fraction of sp³-hybridized carbons (Fsp3) is 0.667. The predicted octanol–water partition coefficient (Wildman–Crippen LogP) is 0.546. The van der Waals surface area contributed by atoms with Gasteiger partial charge in [-0.25, -0.2) is 0 Å². The maximum absolute atomic E-state index is 11.5. The SMILES string of the molecule is CC=C(C)C(=O)N1CCC(O)C1. The Morgan fingerprint density at radius 3 is 2.75 bits per heavy atom. The molecular weight excluding hydrogens is 154 g/mol. The molecule has 1 rings (SSSR count). The Hall–Kier alpha value is -0.830. The Morgan fingerprint density at radius 2 is 2.33 bits per heavy atom. The van der Waals surface area contributed by atoms with E-state index in [0.29, 0.717) is 19.5 Å². The number of allylic oxidation sites excluding steroid dienone is 1. The first-order chi connectivity index (χ1) is 5.65. The molecule has 3 nitrogen and oxygen atoms in total. The summed E-state index contributed by atoms with van der Waals surface area (Å²) in [4.78, 5) is 13.2. The second-order valence-corrected chi connectivity index (χ2v) is 3.17. The smallest absolute Gasteiger partial charge is 0.249 e. The van der Waals surface area contributed by atoms with Crippen molar-refractivity contribution in [3.8, 4) is 0 Å². The standard InChI is InChI=1S/C9H15NO2/c1-3-7(2)9(12)10-5-4-8(11)6-10/h3,8,11H,4-6H2,1-2H3. The van der Waals surface area contributed by atoms with Gasteiger partial charge in [-0.3, -0.25) is 4.79 Å². The molecule has 0 aromatic carbocycles. The minimum atomic E-state index is -0.321. The summed E-state index contributed by atoms with van der Waals surface area (Å²) < 4.78 is 0. The molecule has 1 fully saturated rings. The molecule has 1 N–H and O–H groups in total. The van der Waals surface area contributed by atoms with E-state index in [1.807, 2.05) is 6.92 Å². The van der Waals surface area contributed by atoms with Gasteiger partial charge in [0.25, 0.3) is 0 Å². The number of hydrogen-bond donors (Lipinski definition) is 1. The Balaban J connectivity index is 2.54. The van der Waals surface area contributed by atoms with Crippen LogP contribution in [0.25, 0.3) is 0 Å². The van der Waals surface area contributed by atoms with E-state index in [1.165, 1.54) is 0 Å². The molecule has 1 aliphatic rings. The third-order valence-corrected chi connectivity index (χ3v) is 2.22. The van der Waals surface area contributed by atoms with Gasteiger partial charge in [0.2, 0.25) is 5.91 Å². The van der Waals surface area contributed by atoms with Crippen LogP contribution in [0.3, 0.4) is 0 Å². The van der Waals surface area contributed by atoms with Gasteiger partial charge in [0.15, 0.2) is 0 Å². The molecule has 0 radical (unpaired) electrons. The van der Waals surface area contributed by atoms with Gasteiger partial charge in [-0.05, 0) is 20.3 Å². The van der Waals surface area contributed by atoms with E-state index in [1.54, 1.807) is 17.9 Å². The van der Waals surface area contributed by atoms with Crippen molar-refractivity contribution in [2.75, 3.05) is 13.1 Å².